The van der Waals surface area contributed by atoms with Gasteiger partial charge in [-0.25, -0.2) is 4.39 Å². The number of halogens is 4. The molecule has 2 rings (SSSR count). The van der Waals surface area contributed by atoms with Gasteiger partial charge in [0.2, 0.25) is 0 Å². The van der Waals surface area contributed by atoms with Crippen LogP contribution in [-0.2, 0) is 0 Å². The number of anilines is 2. The molecule has 0 fully saturated rings. The topological polar surface area (TPSA) is 55.1 Å². The summed E-state index contributed by atoms with van der Waals surface area (Å²) in [6.07, 6.45) is 0. The van der Waals surface area contributed by atoms with E-state index in [2.05, 4.69) is 21.2 Å². The highest BCUT2D eigenvalue weighted by Gasteiger charge is 2.16. The van der Waals surface area contributed by atoms with Crippen molar-refractivity contribution in [1.82, 2.24) is 0 Å². The summed E-state index contributed by atoms with van der Waals surface area (Å²) in [4.78, 5) is 12.2. The van der Waals surface area contributed by atoms with E-state index in [4.69, 9.17) is 28.9 Å². The lowest BCUT2D eigenvalue weighted by Gasteiger charge is -2.11. The van der Waals surface area contributed by atoms with Gasteiger partial charge in [0.25, 0.3) is 5.91 Å². The minimum absolute atomic E-state index is 0.0959. The fourth-order valence-electron chi connectivity index (χ4n) is 1.75. The first-order valence-corrected chi connectivity index (χ1v) is 7.36. The van der Waals surface area contributed by atoms with Gasteiger partial charge in [0.1, 0.15) is 5.82 Å². The standard InChI is InChI=1S/C14H10BrCl2FN2O/c1-6-2-9(15)11(18)5-12(6)20-14(21)8-3-7(19)4-10(16)13(8)17/h2-5H,19H2,1H3,(H,20,21). The lowest BCUT2D eigenvalue weighted by atomic mass is 10.1. The lowest BCUT2D eigenvalue weighted by Crippen LogP contribution is -2.14. The van der Waals surface area contributed by atoms with E-state index >= 15 is 0 Å². The number of amides is 1. The quantitative estimate of drug-likeness (QED) is 0.704. The summed E-state index contributed by atoms with van der Waals surface area (Å²) >= 11 is 15.0. The van der Waals surface area contributed by atoms with E-state index in [9.17, 15) is 9.18 Å². The molecule has 21 heavy (non-hydrogen) atoms. The third kappa shape index (κ3) is 3.48. The fourth-order valence-corrected chi connectivity index (χ4v) is 2.63. The molecule has 0 saturated carbocycles. The van der Waals surface area contributed by atoms with Gasteiger partial charge >= 0.3 is 0 Å². The zero-order valence-corrected chi connectivity index (χ0v) is 13.9. The van der Waals surface area contributed by atoms with Gasteiger partial charge in [-0.3, -0.25) is 4.79 Å². The molecule has 0 aromatic heterocycles. The van der Waals surface area contributed by atoms with Crippen molar-refractivity contribution in [3.63, 3.8) is 0 Å². The summed E-state index contributed by atoms with van der Waals surface area (Å²) in [6, 6.07) is 5.65. The van der Waals surface area contributed by atoms with E-state index < -0.39 is 11.7 Å². The Morgan fingerprint density at radius 3 is 2.62 bits per heavy atom. The molecule has 3 nitrogen and oxygen atoms in total. The van der Waals surface area contributed by atoms with Crippen molar-refractivity contribution in [3.05, 3.63) is 55.7 Å². The molecule has 7 heteroatoms. The first-order chi connectivity index (χ1) is 9.79. The van der Waals surface area contributed by atoms with Crippen molar-refractivity contribution in [1.29, 1.82) is 0 Å². The number of hydrogen-bond donors (Lipinski definition) is 2. The normalized spacial score (nSPS) is 10.5. The largest absolute Gasteiger partial charge is 0.399 e. The van der Waals surface area contributed by atoms with Gasteiger partial charge < -0.3 is 11.1 Å². The van der Waals surface area contributed by atoms with Crippen molar-refractivity contribution in [2.24, 2.45) is 0 Å². The molecular formula is C14H10BrCl2FN2O. The lowest BCUT2D eigenvalue weighted by molar-refractivity contribution is 0.102. The number of aryl methyl sites for hydroxylation is 1. The SMILES string of the molecule is Cc1cc(Br)c(F)cc1NC(=O)c1cc(N)cc(Cl)c1Cl. The summed E-state index contributed by atoms with van der Waals surface area (Å²) in [6.45, 7) is 1.74. The maximum absolute atomic E-state index is 13.6. The van der Waals surface area contributed by atoms with Crippen molar-refractivity contribution < 1.29 is 9.18 Å². The van der Waals surface area contributed by atoms with Crippen LogP contribution in [0.15, 0.2) is 28.7 Å². The number of rotatable bonds is 2. The average molecular weight is 392 g/mol. The molecule has 0 spiro atoms. The van der Waals surface area contributed by atoms with Crippen LogP contribution < -0.4 is 11.1 Å². The third-order valence-corrected chi connectivity index (χ3v) is 4.22. The molecule has 0 aliphatic heterocycles. The Balaban J connectivity index is 2.37. The summed E-state index contributed by atoms with van der Waals surface area (Å²) in [5.74, 6) is -0.994. The molecule has 0 aliphatic rings. The van der Waals surface area contributed by atoms with Crippen LogP contribution in [0.3, 0.4) is 0 Å². The van der Waals surface area contributed by atoms with E-state index in [1.165, 1.54) is 18.2 Å². The van der Waals surface area contributed by atoms with Gasteiger partial charge in [-0.15, -0.1) is 0 Å². The van der Waals surface area contributed by atoms with Gasteiger partial charge in [-0.05, 0) is 52.7 Å². The molecule has 3 N–H and O–H groups in total. The Morgan fingerprint density at radius 2 is 1.95 bits per heavy atom. The van der Waals surface area contributed by atoms with Crippen molar-refractivity contribution in [2.75, 3.05) is 11.1 Å². The van der Waals surface area contributed by atoms with E-state index in [0.717, 1.165) is 0 Å². The van der Waals surface area contributed by atoms with Crippen molar-refractivity contribution in [3.8, 4) is 0 Å². The molecule has 0 saturated heterocycles. The van der Waals surface area contributed by atoms with Crippen LogP contribution in [0.5, 0.6) is 0 Å². The van der Waals surface area contributed by atoms with Crippen LogP contribution in [0.2, 0.25) is 10.0 Å². The van der Waals surface area contributed by atoms with E-state index in [0.29, 0.717) is 21.4 Å². The molecule has 2 aromatic carbocycles. The summed E-state index contributed by atoms with van der Waals surface area (Å²) in [7, 11) is 0. The van der Waals surface area contributed by atoms with Crippen LogP contribution in [0.25, 0.3) is 0 Å². The Morgan fingerprint density at radius 1 is 1.29 bits per heavy atom. The average Bonchev–Trinajstić information content (AvgIpc) is 2.40. The second kappa shape index (κ2) is 6.22. The van der Waals surface area contributed by atoms with Crippen LogP contribution in [-0.4, -0.2) is 5.91 Å². The van der Waals surface area contributed by atoms with E-state index in [1.807, 2.05) is 0 Å². The van der Waals surface area contributed by atoms with E-state index in [1.54, 1.807) is 13.0 Å². The molecule has 0 aliphatic carbocycles. The molecule has 0 bridgehead atoms. The van der Waals surface area contributed by atoms with Gasteiger partial charge in [0.15, 0.2) is 0 Å². The van der Waals surface area contributed by atoms with Crippen LogP contribution in [0.4, 0.5) is 15.8 Å². The number of carbonyl (C=O) groups excluding carboxylic acids is 1. The van der Waals surface area contributed by atoms with E-state index in [-0.39, 0.29) is 15.6 Å². The number of benzene rings is 2. The zero-order chi connectivity index (χ0) is 15.7. The maximum Gasteiger partial charge on any atom is 0.257 e. The number of carbonyl (C=O) groups is 1. The van der Waals surface area contributed by atoms with Gasteiger partial charge in [0, 0.05) is 11.4 Å². The van der Waals surface area contributed by atoms with Gasteiger partial charge in [-0.1, -0.05) is 23.2 Å². The van der Waals surface area contributed by atoms with Crippen LogP contribution in [0, 0.1) is 12.7 Å². The zero-order valence-electron chi connectivity index (χ0n) is 10.8. The highest BCUT2D eigenvalue weighted by Crippen LogP contribution is 2.30. The summed E-state index contributed by atoms with van der Waals surface area (Å²) in [5, 5.41) is 2.87. The Labute approximate surface area is 139 Å². The molecular weight excluding hydrogens is 382 g/mol. The number of nitrogens with one attached hydrogen (secondary N) is 1. The Bertz CT molecular complexity index is 737. The maximum atomic E-state index is 13.6. The summed E-state index contributed by atoms with van der Waals surface area (Å²) < 4.78 is 13.9. The molecule has 1 amide bonds. The second-order valence-corrected chi connectivity index (χ2v) is 6.04. The number of hydrogen-bond acceptors (Lipinski definition) is 2. The van der Waals surface area contributed by atoms with Gasteiger partial charge in [-0.2, -0.15) is 0 Å². The first-order valence-electron chi connectivity index (χ1n) is 5.81. The first kappa shape index (κ1) is 16.1. The number of nitrogens with two attached hydrogens (primary N) is 1. The van der Waals surface area contributed by atoms with Crippen molar-refractivity contribution >= 4 is 56.4 Å². The molecule has 0 atom stereocenters. The predicted molar refractivity (Wildman–Crippen MR) is 87.7 cm³/mol. The third-order valence-electron chi connectivity index (χ3n) is 2.81. The smallest absolute Gasteiger partial charge is 0.257 e. The molecule has 0 unspecified atom stereocenters. The molecule has 0 heterocycles. The van der Waals surface area contributed by atoms with Crippen molar-refractivity contribution in [2.45, 2.75) is 6.92 Å². The molecule has 0 radical (unpaired) electrons. The second-order valence-electron chi connectivity index (χ2n) is 4.40. The summed E-state index contributed by atoms with van der Waals surface area (Å²) in [5.41, 5.74) is 7.13. The van der Waals surface area contributed by atoms with Crippen LogP contribution in [0.1, 0.15) is 15.9 Å². The monoisotopic (exact) mass is 390 g/mol. The fraction of sp³-hybridized carbons (Fsp3) is 0.0714. The van der Waals surface area contributed by atoms with Crippen LogP contribution >= 0.6 is 39.1 Å². The Kier molecular flexibility index (Phi) is 4.76. The minimum Gasteiger partial charge on any atom is -0.399 e. The highest BCUT2D eigenvalue weighted by atomic mass is 79.9. The Hall–Kier alpha value is -1.30. The molecule has 2 aromatic rings. The minimum atomic E-state index is -0.515. The number of nitrogen functional groups attached to an aromatic ring is 1. The molecule has 110 valence electrons. The van der Waals surface area contributed by atoms with Gasteiger partial charge in [0.05, 0.1) is 20.1 Å². The predicted octanol–water partition coefficient (Wildman–Crippen LogP) is 5.04. The highest BCUT2D eigenvalue weighted by molar-refractivity contribution is 9.10.